The van der Waals surface area contributed by atoms with E-state index in [2.05, 4.69) is 5.32 Å². The van der Waals surface area contributed by atoms with E-state index in [0.29, 0.717) is 0 Å². The lowest BCUT2D eigenvalue weighted by Crippen LogP contribution is -2.14. The first-order valence-corrected chi connectivity index (χ1v) is 6.93. The summed E-state index contributed by atoms with van der Waals surface area (Å²) in [7, 11) is 1.45. The van der Waals surface area contributed by atoms with Crippen LogP contribution in [0.25, 0.3) is 0 Å². The van der Waals surface area contributed by atoms with Crippen LogP contribution in [0, 0.1) is 0 Å². The number of nitrogens with one attached hydrogen (secondary N) is 1. The zero-order valence-corrected chi connectivity index (χ0v) is 11.4. The van der Waals surface area contributed by atoms with Gasteiger partial charge in [-0.2, -0.15) is 0 Å². The second-order valence-electron chi connectivity index (χ2n) is 4.85. The molecule has 0 saturated carbocycles. The van der Waals surface area contributed by atoms with Crippen LogP contribution in [0.3, 0.4) is 0 Å². The first-order valence-electron chi connectivity index (χ1n) is 6.93. The Morgan fingerprint density at radius 1 is 1.05 bits per heavy atom. The summed E-state index contributed by atoms with van der Waals surface area (Å²) in [5.74, 6) is -0.194. The number of rotatable bonds is 3. The topological polar surface area (TPSA) is 38.3 Å². The molecule has 0 fully saturated rings. The van der Waals surface area contributed by atoms with Crippen LogP contribution in [-0.2, 0) is 9.53 Å². The van der Waals surface area contributed by atoms with E-state index < -0.39 is 0 Å². The van der Waals surface area contributed by atoms with Crippen molar-refractivity contribution in [3.63, 3.8) is 0 Å². The zero-order chi connectivity index (χ0) is 13.5. The molecule has 0 unspecified atom stereocenters. The molecule has 1 aliphatic rings. The highest BCUT2D eigenvalue weighted by atomic mass is 16.5. The molecule has 102 valence electrons. The minimum atomic E-state index is -0.194. The van der Waals surface area contributed by atoms with Crippen LogP contribution in [0.15, 0.2) is 41.6 Å². The molecule has 3 nitrogen and oxygen atoms in total. The van der Waals surface area contributed by atoms with Crippen molar-refractivity contribution in [1.29, 1.82) is 0 Å². The quantitative estimate of drug-likeness (QED) is 0.837. The number of ether oxygens (including phenoxy) is 1. The van der Waals surface area contributed by atoms with Crippen LogP contribution in [0.1, 0.15) is 38.5 Å². The Morgan fingerprint density at radius 2 is 1.74 bits per heavy atom. The summed E-state index contributed by atoms with van der Waals surface area (Å²) in [5, 5.41) is 3.39. The van der Waals surface area contributed by atoms with Crippen LogP contribution in [0.5, 0.6) is 0 Å². The van der Waals surface area contributed by atoms with Gasteiger partial charge in [0.2, 0.25) is 0 Å². The largest absolute Gasteiger partial charge is 0.466 e. The fourth-order valence-corrected chi connectivity index (χ4v) is 2.44. The molecule has 0 saturated heterocycles. The Balaban J connectivity index is 2.24. The molecular formula is C16H21NO2. The molecule has 3 heteroatoms. The molecule has 1 aromatic rings. The fourth-order valence-electron chi connectivity index (χ4n) is 2.44. The number of hydrogen-bond donors (Lipinski definition) is 1. The van der Waals surface area contributed by atoms with Crippen molar-refractivity contribution in [3.8, 4) is 0 Å². The molecule has 0 bridgehead atoms. The van der Waals surface area contributed by atoms with Crippen molar-refractivity contribution in [3.05, 3.63) is 41.6 Å². The van der Waals surface area contributed by atoms with Gasteiger partial charge in [0.05, 0.1) is 12.7 Å². The van der Waals surface area contributed by atoms with Gasteiger partial charge in [0.15, 0.2) is 0 Å². The molecule has 0 spiro atoms. The van der Waals surface area contributed by atoms with E-state index in [9.17, 15) is 4.79 Å². The van der Waals surface area contributed by atoms with Gasteiger partial charge in [-0.15, -0.1) is 0 Å². The average molecular weight is 259 g/mol. The average Bonchev–Trinajstić information content (AvgIpc) is 2.42. The monoisotopic (exact) mass is 259 g/mol. The standard InChI is InChI=1S/C16H21NO2/c1-19-16(18)14-11-7-2-3-8-12-15(14)17-13-9-5-4-6-10-13/h4-6,9-10,17H,2-3,7-8,11-12H2,1H3. The number of allylic oxidation sites excluding steroid dienone is 1. The first kappa shape index (κ1) is 13.7. The Hall–Kier alpha value is -1.77. The van der Waals surface area contributed by atoms with Gasteiger partial charge in [-0.25, -0.2) is 4.79 Å². The molecule has 1 aromatic carbocycles. The highest BCUT2D eigenvalue weighted by molar-refractivity contribution is 5.90. The Labute approximate surface area is 114 Å². The molecule has 2 rings (SSSR count). The molecule has 0 heterocycles. The van der Waals surface area contributed by atoms with Crippen molar-refractivity contribution in [2.24, 2.45) is 0 Å². The molecule has 1 N–H and O–H groups in total. The minimum Gasteiger partial charge on any atom is -0.466 e. The smallest absolute Gasteiger partial charge is 0.335 e. The second-order valence-corrected chi connectivity index (χ2v) is 4.85. The van der Waals surface area contributed by atoms with Crippen molar-refractivity contribution in [1.82, 2.24) is 0 Å². The van der Waals surface area contributed by atoms with E-state index in [1.807, 2.05) is 30.3 Å². The van der Waals surface area contributed by atoms with Gasteiger partial charge >= 0.3 is 5.97 Å². The Morgan fingerprint density at radius 3 is 2.42 bits per heavy atom. The van der Waals surface area contributed by atoms with Crippen LogP contribution < -0.4 is 5.32 Å². The molecule has 0 aromatic heterocycles. The van der Waals surface area contributed by atoms with Crippen LogP contribution >= 0.6 is 0 Å². The number of hydrogen-bond acceptors (Lipinski definition) is 3. The molecule has 0 aliphatic heterocycles. The lowest BCUT2D eigenvalue weighted by atomic mass is 9.97. The highest BCUT2D eigenvalue weighted by Gasteiger charge is 2.17. The third-order valence-corrected chi connectivity index (χ3v) is 3.47. The van der Waals surface area contributed by atoms with E-state index in [0.717, 1.165) is 42.6 Å². The Bertz CT molecular complexity index is 451. The minimum absolute atomic E-state index is 0.194. The third-order valence-electron chi connectivity index (χ3n) is 3.47. The maximum absolute atomic E-state index is 11.9. The summed E-state index contributed by atoms with van der Waals surface area (Å²) >= 11 is 0. The van der Waals surface area contributed by atoms with Crippen LogP contribution in [-0.4, -0.2) is 13.1 Å². The molecule has 0 atom stereocenters. The summed E-state index contributed by atoms with van der Waals surface area (Å²) < 4.78 is 4.92. The third kappa shape index (κ3) is 3.85. The summed E-state index contributed by atoms with van der Waals surface area (Å²) in [5.41, 5.74) is 2.86. The Kier molecular flexibility index (Phi) is 5.01. The van der Waals surface area contributed by atoms with Gasteiger partial charge in [0.25, 0.3) is 0 Å². The normalized spacial score (nSPS) is 16.5. The first-order chi connectivity index (χ1) is 9.31. The van der Waals surface area contributed by atoms with E-state index in [1.54, 1.807) is 0 Å². The summed E-state index contributed by atoms with van der Waals surface area (Å²) in [6, 6.07) is 9.99. The lowest BCUT2D eigenvalue weighted by molar-refractivity contribution is -0.136. The molecule has 0 radical (unpaired) electrons. The summed E-state index contributed by atoms with van der Waals surface area (Å²) in [6.45, 7) is 0. The van der Waals surface area contributed by atoms with Gasteiger partial charge in [-0.3, -0.25) is 0 Å². The maximum Gasteiger partial charge on any atom is 0.335 e. The SMILES string of the molecule is COC(=O)C1=C(Nc2ccccc2)CCCCCC1. The highest BCUT2D eigenvalue weighted by Crippen LogP contribution is 2.25. The van der Waals surface area contributed by atoms with Crippen LogP contribution in [0.4, 0.5) is 5.69 Å². The predicted octanol–water partition coefficient (Wildman–Crippen LogP) is 3.88. The maximum atomic E-state index is 11.9. The molecule has 19 heavy (non-hydrogen) atoms. The van der Waals surface area contributed by atoms with Gasteiger partial charge in [0, 0.05) is 11.4 Å². The number of anilines is 1. The van der Waals surface area contributed by atoms with Crippen molar-refractivity contribution in [2.75, 3.05) is 12.4 Å². The van der Waals surface area contributed by atoms with Crippen molar-refractivity contribution in [2.45, 2.75) is 38.5 Å². The molecule has 0 amide bonds. The lowest BCUT2D eigenvalue weighted by Gasteiger charge is -2.18. The van der Waals surface area contributed by atoms with Gasteiger partial charge in [-0.1, -0.05) is 31.0 Å². The van der Waals surface area contributed by atoms with E-state index in [4.69, 9.17) is 4.74 Å². The van der Waals surface area contributed by atoms with Gasteiger partial charge < -0.3 is 10.1 Å². The van der Waals surface area contributed by atoms with Crippen molar-refractivity contribution < 1.29 is 9.53 Å². The predicted molar refractivity (Wildman–Crippen MR) is 76.8 cm³/mol. The number of carbonyl (C=O) groups excluding carboxylic acids is 1. The summed E-state index contributed by atoms with van der Waals surface area (Å²) in [4.78, 5) is 11.9. The second kappa shape index (κ2) is 6.98. The van der Waals surface area contributed by atoms with Crippen LogP contribution in [0.2, 0.25) is 0 Å². The number of methoxy groups -OCH3 is 1. The van der Waals surface area contributed by atoms with E-state index in [-0.39, 0.29) is 5.97 Å². The number of esters is 1. The number of benzene rings is 1. The molecular weight excluding hydrogens is 238 g/mol. The number of para-hydroxylation sites is 1. The number of carbonyl (C=O) groups is 1. The fraction of sp³-hybridized carbons (Fsp3) is 0.438. The van der Waals surface area contributed by atoms with E-state index in [1.165, 1.54) is 20.0 Å². The van der Waals surface area contributed by atoms with Gasteiger partial charge in [-0.05, 0) is 37.8 Å². The van der Waals surface area contributed by atoms with E-state index >= 15 is 0 Å². The summed E-state index contributed by atoms with van der Waals surface area (Å²) in [6.07, 6.45) is 6.33. The molecule has 1 aliphatic carbocycles. The zero-order valence-electron chi connectivity index (χ0n) is 11.4. The van der Waals surface area contributed by atoms with Gasteiger partial charge in [0.1, 0.15) is 0 Å². The van der Waals surface area contributed by atoms with Crippen molar-refractivity contribution >= 4 is 11.7 Å².